The summed E-state index contributed by atoms with van der Waals surface area (Å²) in [5, 5.41) is 0. The van der Waals surface area contributed by atoms with Crippen LogP contribution in [0.4, 0.5) is 4.39 Å². The average Bonchev–Trinajstić information content (AvgIpc) is 2.05. The molecule has 1 nitrogen and oxygen atoms in total. The van der Waals surface area contributed by atoms with E-state index >= 15 is 0 Å². The van der Waals surface area contributed by atoms with E-state index in [1.165, 1.54) is 23.9 Å². The first kappa shape index (κ1) is 9.26. The SMILES string of the molecule is CSc1ccc(F)cc1CC=O. The number of carbonyl (C=O) groups excluding carboxylic acids is 1. The molecule has 0 amide bonds. The summed E-state index contributed by atoms with van der Waals surface area (Å²) in [5.74, 6) is -0.287. The molecule has 3 heteroatoms. The average molecular weight is 184 g/mol. The van der Waals surface area contributed by atoms with E-state index in [9.17, 15) is 9.18 Å². The van der Waals surface area contributed by atoms with Gasteiger partial charge in [-0.05, 0) is 30.0 Å². The molecule has 0 atom stereocenters. The minimum atomic E-state index is -0.287. The molecule has 0 unspecified atom stereocenters. The maximum atomic E-state index is 12.7. The van der Waals surface area contributed by atoms with Gasteiger partial charge in [0.1, 0.15) is 12.1 Å². The molecule has 0 aliphatic rings. The number of aldehydes is 1. The van der Waals surface area contributed by atoms with Gasteiger partial charge in [-0.15, -0.1) is 11.8 Å². The molecule has 0 aliphatic heterocycles. The van der Waals surface area contributed by atoms with Crippen LogP contribution in [0.1, 0.15) is 5.56 Å². The van der Waals surface area contributed by atoms with Crippen molar-refractivity contribution < 1.29 is 9.18 Å². The van der Waals surface area contributed by atoms with Crippen LogP contribution in [-0.2, 0) is 11.2 Å². The lowest BCUT2D eigenvalue weighted by Crippen LogP contribution is -1.90. The van der Waals surface area contributed by atoms with Crippen molar-refractivity contribution in [3.63, 3.8) is 0 Å². The van der Waals surface area contributed by atoms with Crippen molar-refractivity contribution in [2.45, 2.75) is 11.3 Å². The highest BCUT2D eigenvalue weighted by Gasteiger charge is 2.01. The van der Waals surface area contributed by atoms with Crippen LogP contribution >= 0.6 is 11.8 Å². The van der Waals surface area contributed by atoms with Gasteiger partial charge in [0.2, 0.25) is 0 Å². The summed E-state index contributed by atoms with van der Waals surface area (Å²) in [4.78, 5) is 11.2. The van der Waals surface area contributed by atoms with E-state index in [1.807, 2.05) is 6.26 Å². The van der Waals surface area contributed by atoms with Crippen LogP contribution in [0.15, 0.2) is 23.1 Å². The van der Waals surface area contributed by atoms with Crippen LogP contribution in [0, 0.1) is 5.82 Å². The standard InChI is InChI=1S/C9H9FOS/c1-12-9-3-2-8(10)6-7(9)4-5-11/h2-3,5-6H,4H2,1H3. The molecule has 0 radical (unpaired) electrons. The predicted octanol–water partition coefficient (Wildman–Crippen LogP) is 2.29. The van der Waals surface area contributed by atoms with Gasteiger partial charge in [0.25, 0.3) is 0 Å². The van der Waals surface area contributed by atoms with Gasteiger partial charge in [-0.25, -0.2) is 4.39 Å². The fourth-order valence-electron chi connectivity index (χ4n) is 0.996. The topological polar surface area (TPSA) is 17.1 Å². The van der Waals surface area contributed by atoms with E-state index in [1.54, 1.807) is 6.07 Å². The zero-order valence-electron chi connectivity index (χ0n) is 6.71. The second kappa shape index (κ2) is 4.26. The van der Waals surface area contributed by atoms with Crippen molar-refractivity contribution in [2.75, 3.05) is 6.26 Å². The fraction of sp³-hybridized carbons (Fsp3) is 0.222. The summed E-state index contributed by atoms with van der Waals surface area (Å²) in [7, 11) is 0. The van der Waals surface area contributed by atoms with Crippen molar-refractivity contribution in [2.24, 2.45) is 0 Å². The Kier molecular flexibility index (Phi) is 3.29. The molecule has 0 saturated carbocycles. The van der Waals surface area contributed by atoms with Crippen LogP contribution in [-0.4, -0.2) is 12.5 Å². The molecule has 0 aromatic heterocycles. The third kappa shape index (κ3) is 2.08. The Bertz CT molecular complexity index is 286. The van der Waals surface area contributed by atoms with E-state index in [0.717, 1.165) is 16.7 Å². The van der Waals surface area contributed by atoms with Gasteiger partial charge >= 0.3 is 0 Å². The molecule has 0 saturated heterocycles. The Hall–Kier alpha value is -0.830. The molecule has 0 bridgehead atoms. The lowest BCUT2D eigenvalue weighted by Gasteiger charge is -2.02. The summed E-state index contributed by atoms with van der Waals surface area (Å²) in [6, 6.07) is 4.50. The molecular weight excluding hydrogens is 175 g/mol. The molecule has 12 heavy (non-hydrogen) atoms. The lowest BCUT2D eigenvalue weighted by atomic mass is 10.2. The predicted molar refractivity (Wildman–Crippen MR) is 47.9 cm³/mol. The van der Waals surface area contributed by atoms with Gasteiger partial charge in [0.15, 0.2) is 0 Å². The molecule has 0 heterocycles. The highest BCUT2D eigenvalue weighted by atomic mass is 32.2. The third-order valence-corrected chi connectivity index (χ3v) is 2.38. The van der Waals surface area contributed by atoms with E-state index in [-0.39, 0.29) is 12.2 Å². The molecule has 1 aromatic carbocycles. The van der Waals surface area contributed by atoms with Crippen molar-refractivity contribution in [1.82, 2.24) is 0 Å². The van der Waals surface area contributed by atoms with Gasteiger partial charge < -0.3 is 4.79 Å². The first-order valence-electron chi connectivity index (χ1n) is 3.54. The number of thioether (sulfide) groups is 1. The van der Waals surface area contributed by atoms with Crippen LogP contribution in [0.2, 0.25) is 0 Å². The van der Waals surface area contributed by atoms with Crippen LogP contribution in [0.5, 0.6) is 0 Å². The van der Waals surface area contributed by atoms with Gasteiger partial charge in [-0.1, -0.05) is 0 Å². The Labute approximate surface area is 75.0 Å². The smallest absolute Gasteiger partial charge is 0.124 e. The number of hydrogen-bond acceptors (Lipinski definition) is 2. The number of hydrogen-bond donors (Lipinski definition) is 0. The number of benzene rings is 1. The van der Waals surface area contributed by atoms with E-state index < -0.39 is 0 Å². The maximum Gasteiger partial charge on any atom is 0.124 e. The van der Waals surface area contributed by atoms with Gasteiger partial charge in [0.05, 0.1) is 0 Å². The summed E-state index contributed by atoms with van der Waals surface area (Å²) in [5.41, 5.74) is 0.762. The summed E-state index contributed by atoms with van der Waals surface area (Å²) in [6.07, 6.45) is 2.98. The lowest BCUT2D eigenvalue weighted by molar-refractivity contribution is -0.107. The Morgan fingerprint density at radius 1 is 1.58 bits per heavy atom. The number of halogens is 1. The van der Waals surface area contributed by atoms with Crippen molar-refractivity contribution in [1.29, 1.82) is 0 Å². The zero-order chi connectivity index (χ0) is 8.97. The molecule has 64 valence electrons. The second-order valence-corrected chi connectivity index (χ2v) is 3.18. The normalized spacial score (nSPS) is 9.83. The Morgan fingerprint density at radius 2 is 2.33 bits per heavy atom. The van der Waals surface area contributed by atoms with Crippen molar-refractivity contribution in [3.05, 3.63) is 29.6 Å². The minimum Gasteiger partial charge on any atom is -0.303 e. The van der Waals surface area contributed by atoms with Gasteiger partial charge in [-0.2, -0.15) is 0 Å². The fourth-order valence-corrected chi connectivity index (χ4v) is 1.61. The first-order valence-corrected chi connectivity index (χ1v) is 4.76. The molecular formula is C9H9FOS. The summed E-state index contributed by atoms with van der Waals surface area (Å²) < 4.78 is 12.7. The molecule has 0 fully saturated rings. The molecule has 0 aliphatic carbocycles. The zero-order valence-corrected chi connectivity index (χ0v) is 7.53. The van der Waals surface area contributed by atoms with Crippen molar-refractivity contribution in [3.8, 4) is 0 Å². The monoisotopic (exact) mass is 184 g/mol. The second-order valence-electron chi connectivity index (χ2n) is 2.33. The van der Waals surface area contributed by atoms with E-state index in [4.69, 9.17) is 0 Å². The highest BCUT2D eigenvalue weighted by molar-refractivity contribution is 7.98. The first-order chi connectivity index (χ1) is 5.77. The number of carbonyl (C=O) groups is 1. The third-order valence-electron chi connectivity index (χ3n) is 1.55. The van der Waals surface area contributed by atoms with Gasteiger partial charge in [0, 0.05) is 11.3 Å². The molecule has 0 N–H and O–H groups in total. The largest absolute Gasteiger partial charge is 0.303 e. The Balaban J connectivity index is 3.03. The van der Waals surface area contributed by atoms with Crippen LogP contribution in [0.3, 0.4) is 0 Å². The number of rotatable bonds is 3. The van der Waals surface area contributed by atoms with Gasteiger partial charge in [-0.3, -0.25) is 0 Å². The minimum absolute atomic E-state index is 0.286. The highest BCUT2D eigenvalue weighted by Crippen LogP contribution is 2.20. The molecule has 0 spiro atoms. The van der Waals surface area contributed by atoms with Crippen LogP contribution in [0.25, 0.3) is 0 Å². The Morgan fingerprint density at radius 3 is 2.92 bits per heavy atom. The quantitative estimate of drug-likeness (QED) is 0.529. The summed E-state index contributed by atoms with van der Waals surface area (Å²) in [6.45, 7) is 0. The van der Waals surface area contributed by atoms with E-state index in [0.29, 0.717) is 0 Å². The summed E-state index contributed by atoms with van der Waals surface area (Å²) >= 11 is 1.52. The van der Waals surface area contributed by atoms with Crippen molar-refractivity contribution >= 4 is 18.0 Å². The maximum absolute atomic E-state index is 12.7. The molecule has 1 rings (SSSR count). The van der Waals surface area contributed by atoms with Crippen LogP contribution < -0.4 is 0 Å². The molecule has 1 aromatic rings. The van der Waals surface area contributed by atoms with E-state index in [2.05, 4.69) is 0 Å².